The van der Waals surface area contributed by atoms with Gasteiger partial charge in [-0.05, 0) is 51.0 Å². The number of nitrogens with zero attached hydrogens (tertiary/aromatic N) is 2. The number of sulfonamides is 1. The van der Waals surface area contributed by atoms with Gasteiger partial charge in [0.05, 0.1) is 4.90 Å². The molecule has 0 spiro atoms. The molecule has 0 saturated heterocycles. The van der Waals surface area contributed by atoms with Crippen molar-refractivity contribution in [2.24, 2.45) is 0 Å². The topological polar surface area (TPSA) is 57.7 Å². The van der Waals surface area contributed by atoms with Crippen LogP contribution >= 0.6 is 0 Å². The first kappa shape index (κ1) is 20.6. The Hall–Kier alpha value is -1.66. The van der Waals surface area contributed by atoms with Crippen LogP contribution in [0.3, 0.4) is 0 Å². The van der Waals surface area contributed by atoms with Crippen LogP contribution in [0.1, 0.15) is 56.3 Å². The van der Waals surface area contributed by atoms with Crippen molar-refractivity contribution in [1.82, 2.24) is 9.21 Å². The van der Waals surface area contributed by atoms with Gasteiger partial charge in [-0.15, -0.1) is 0 Å². The molecular weight excluding hydrogens is 348 g/mol. The lowest BCUT2D eigenvalue weighted by atomic mass is 9.96. The molecule has 0 heterocycles. The molecule has 0 bridgehead atoms. The Labute approximate surface area is 157 Å². The fourth-order valence-electron chi connectivity index (χ4n) is 3.41. The van der Waals surface area contributed by atoms with Crippen LogP contribution in [0.25, 0.3) is 0 Å². The zero-order valence-corrected chi connectivity index (χ0v) is 16.9. The normalized spacial score (nSPS) is 15.8. The summed E-state index contributed by atoms with van der Waals surface area (Å²) in [5.41, 5.74) is 1.40. The van der Waals surface area contributed by atoms with Gasteiger partial charge in [0.2, 0.25) is 10.0 Å². The fraction of sp³-hybridized carbons (Fsp3) is 0.550. The molecule has 0 aliphatic heterocycles. The van der Waals surface area contributed by atoms with Gasteiger partial charge in [-0.3, -0.25) is 4.79 Å². The van der Waals surface area contributed by atoms with Gasteiger partial charge >= 0.3 is 0 Å². The van der Waals surface area contributed by atoms with Gasteiger partial charge < -0.3 is 4.90 Å². The smallest absolute Gasteiger partial charge is 0.254 e. The number of amides is 1. The molecule has 1 fully saturated rings. The number of carbonyl (C=O) groups is 1. The third kappa shape index (κ3) is 4.74. The van der Waals surface area contributed by atoms with Crippen molar-refractivity contribution in [3.8, 4) is 0 Å². The first-order valence-electron chi connectivity index (χ1n) is 9.29. The lowest BCUT2D eigenvalue weighted by Crippen LogP contribution is -2.38. The quantitative estimate of drug-likeness (QED) is 0.680. The maximum atomic E-state index is 12.9. The highest BCUT2D eigenvalue weighted by Gasteiger charge is 2.29. The summed E-state index contributed by atoms with van der Waals surface area (Å²) in [5, 5.41) is 0. The van der Waals surface area contributed by atoms with Crippen molar-refractivity contribution in [2.45, 2.75) is 56.9 Å². The number of carbonyl (C=O) groups excluding carboxylic acids is 1. The largest absolute Gasteiger partial charge is 0.335 e. The number of rotatable bonds is 7. The first-order chi connectivity index (χ1) is 12.3. The summed E-state index contributed by atoms with van der Waals surface area (Å²) >= 11 is 0. The molecule has 1 aromatic carbocycles. The number of hydrogen-bond acceptors (Lipinski definition) is 3. The zero-order chi connectivity index (χ0) is 19.3. The second kappa shape index (κ2) is 8.82. The molecule has 1 aromatic rings. The van der Waals surface area contributed by atoms with E-state index in [9.17, 15) is 13.2 Å². The Morgan fingerprint density at radius 1 is 1.15 bits per heavy atom. The number of benzene rings is 1. The van der Waals surface area contributed by atoms with Crippen molar-refractivity contribution in [3.05, 3.63) is 42.0 Å². The Balaban J connectivity index is 2.17. The van der Waals surface area contributed by atoms with Crippen molar-refractivity contribution >= 4 is 15.9 Å². The molecule has 6 heteroatoms. The van der Waals surface area contributed by atoms with Crippen LogP contribution in [0.4, 0.5) is 0 Å². The molecule has 0 unspecified atom stereocenters. The summed E-state index contributed by atoms with van der Waals surface area (Å²) in [5.74, 6) is -0.111. The van der Waals surface area contributed by atoms with E-state index in [2.05, 4.69) is 6.58 Å². The molecule has 0 radical (unpaired) electrons. The van der Waals surface area contributed by atoms with Crippen LogP contribution in [0.5, 0.6) is 0 Å². The molecule has 1 saturated carbocycles. The van der Waals surface area contributed by atoms with E-state index in [1.54, 1.807) is 24.1 Å². The molecular formula is C20H30N2O3S. The summed E-state index contributed by atoms with van der Waals surface area (Å²) < 4.78 is 27.2. The van der Waals surface area contributed by atoms with Crippen LogP contribution in [0.2, 0.25) is 0 Å². The minimum atomic E-state index is -3.53. The zero-order valence-electron chi connectivity index (χ0n) is 16.1. The number of hydrogen-bond donors (Lipinski definition) is 0. The predicted molar refractivity (Wildman–Crippen MR) is 105 cm³/mol. The summed E-state index contributed by atoms with van der Waals surface area (Å²) in [4.78, 5) is 14.5. The van der Waals surface area contributed by atoms with Crippen molar-refractivity contribution in [1.29, 1.82) is 0 Å². The Bertz CT molecular complexity index is 735. The predicted octanol–water partition coefficient (Wildman–Crippen LogP) is 3.68. The van der Waals surface area contributed by atoms with Crippen molar-refractivity contribution < 1.29 is 13.2 Å². The van der Waals surface area contributed by atoms with Crippen LogP contribution < -0.4 is 0 Å². The van der Waals surface area contributed by atoms with Gasteiger partial charge in [-0.25, -0.2) is 8.42 Å². The van der Waals surface area contributed by atoms with Crippen LogP contribution in [0, 0.1) is 0 Å². The second-order valence-electron chi connectivity index (χ2n) is 7.11. The monoisotopic (exact) mass is 378 g/mol. The molecule has 1 aliphatic carbocycles. The van der Waals surface area contributed by atoms with E-state index in [4.69, 9.17) is 0 Å². The van der Waals surface area contributed by atoms with Gasteiger partial charge in [0.15, 0.2) is 0 Å². The van der Waals surface area contributed by atoms with E-state index in [0.29, 0.717) is 18.7 Å². The highest BCUT2D eigenvalue weighted by atomic mass is 32.2. The van der Waals surface area contributed by atoms with E-state index in [-0.39, 0.29) is 16.8 Å². The lowest BCUT2D eigenvalue weighted by molar-refractivity contribution is 0.0778. The third-order valence-electron chi connectivity index (χ3n) is 5.00. The lowest BCUT2D eigenvalue weighted by Gasteiger charge is -2.30. The van der Waals surface area contributed by atoms with E-state index in [1.165, 1.54) is 22.9 Å². The number of likely N-dealkylation sites (N-methyl/N-ethyl adjacent to an activating group) is 1. The average molecular weight is 379 g/mol. The Kier molecular flexibility index (Phi) is 7.01. The maximum Gasteiger partial charge on any atom is 0.254 e. The Morgan fingerprint density at radius 2 is 1.73 bits per heavy atom. The Morgan fingerprint density at radius 3 is 2.23 bits per heavy atom. The van der Waals surface area contributed by atoms with E-state index in [0.717, 1.165) is 31.3 Å². The van der Waals surface area contributed by atoms with Gasteiger partial charge in [-0.1, -0.05) is 31.4 Å². The summed E-state index contributed by atoms with van der Waals surface area (Å²) in [6, 6.07) is 6.35. The summed E-state index contributed by atoms with van der Waals surface area (Å²) in [6.45, 7) is 8.73. The van der Waals surface area contributed by atoms with Crippen LogP contribution in [-0.2, 0) is 10.0 Å². The maximum absolute atomic E-state index is 12.9. The highest BCUT2D eigenvalue weighted by Crippen LogP contribution is 2.26. The van der Waals surface area contributed by atoms with E-state index >= 15 is 0 Å². The molecule has 0 aromatic heterocycles. The molecule has 0 N–H and O–H groups in total. The van der Waals surface area contributed by atoms with Crippen molar-refractivity contribution in [3.63, 3.8) is 0 Å². The SMILES string of the molecule is C=C(C)CN(CC)C(=O)c1ccc(S(=O)(=O)N(C)C2CCCCC2)cc1. The second-order valence-corrected chi connectivity index (χ2v) is 9.11. The van der Waals surface area contributed by atoms with Gasteiger partial charge in [-0.2, -0.15) is 4.31 Å². The average Bonchev–Trinajstić information content (AvgIpc) is 2.65. The molecule has 1 aliphatic rings. The summed E-state index contributed by atoms with van der Waals surface area (Å²) in [7, 11) is -1.87. The van der Waals surface area contributed by atoms with Gasteiger partial charge in [0, 0.05) is 31.7 Å². The van der Waals surface area contributed by atoms with Gasteiger partial charge in [0.25, 0.3) is 5.91 Å². The molecule has 5 nitrogen and oxygen atoms in total. The fourth-order valence-corrected chi connectivity index (χ4v) is 4.83. The molecule has 1 amide bonds. The van der Waals surface area contributed by atoms with Crippen LogP contribution in [0.15, 0.2) is 41.3 Å². The first-order valence-corrected chi connectivity index (χ1v) is 10.7. The highest BCUT2D eigenvalue weighted by molar-refractivity contribution is 7.89. The minimum absolute atomic E-state index is 0.0706. The van der Waals surface area contributed by atoms with Gasteiger partial charge in [0.1, 0.15) is 0 Å². The van der Waals surface area contributed by atoms with Crippen molar-refractivity contribution in [2.75, 3.05) is 20.1 Å². The summed E-state index contributed by atoms with van der Waals surface area (Å²) in [6.07, 6.45) is 5.16. The molecule has 2 rings (SSSR count). The van der Waals surface area contributed by atoms with E-state index < -0.39 is 10.0 Å². The minimum Gasteiger partial charge on any atom is -0.335 e. The standard InChI is InChI=1S/C20H30N2O3S/c1-5-22(15-16(2)3)20(23)17-11-13-19(14-12-17)26(24,25)21(4)18-9-7-6-8-10-18/h11-14,18H,2,5-10,15H2,1,3-4H3. The van der Waals surface area contributed by atoms with E-state index in [1.807, 2.05) is 13.8 Å². The molecule has 26 heavy (non-hydrogen) atoms. The third-order valence-corrected chi connectivity index (χ3v) is 6.92. The molecule has 0 atom stereocenters. The van der Waals surface area contributed by atoms with Crippen LogP contribution in [-0.4, -0.2) is 49.7 Å². The molecule has 144 valence electrons.